The molecule has 8 rings (SSSR count). The van der Waals surface area contributed by atoms with Crippen molar-refractivity contribution < 1.29 is 51.0 Å². The first-order chi connectivity index (χ1) is 19.9. The summed E-state index contributed by atoms with van der Waals surface area (Å²) in [6.07, 6.45) is 0. The van der Waals surface area contributed by atoms with E-state index < -0.39 is 0 Å². The van der Waals surface area contributed by atoms with E-state index in [0.717, 1.165) is 0 Å². The number of rotatable bonds is 5. The normalized spacial score (nSPS) is 14.0. The number of halogens is 2. The zero-order valence-electron chi connectivity index (χ0n) is 23.6. The number of benzene rings is 6. The van der Waals surface area contributed by atoms with Crippen LogP contribution in [0.1, 0.15) is 57.1 Å². The first kappa shape index (κ1) is 31.2. The molecule has 2 aliphatic rings. The van der Waals surface area contributed by atoms with Gasteiger partial charge >= 0.3 is 26.2 Å². The maximum Gasteiger partial charge on any atom is 2.00 e. The van der Waals surface area contributed by atoms with E-state index in [1.165, 1.54) is 55.6 Å². The molecule has 0 radical (unpaired) electrons. The standard InChI is InChI=1S/C40H30.2ClH.Zr/c1-3-15-27(16-4-1)37(39-33-23-11-7-19-29(33)30-20-8-12-24-34(30)39)38(28-17-5-2-6-18-28)40-35-25-13-9-21-31(35)32-22-10-14-26-36(32)40;;;/h1-26,37-40H;2*1H;/q;;;+2/p-2. The van der Waals surface area contributed by atoms with Crippen LogP contribution in [0.3, 0.4) is 0 Å². The Morgan fingerprint density at radius 3 is 0.814 bits per heavy atom. The molecule has 2 aliphatic carbocycles. The first-order valence-corrected chi connectivity index (χ1v) is 14.4. The topological polar surface area (TPSA) is 0 Å². The summed E-state index contributed by atoms with van der Waals surface area (Å²) in [6.45, 7) is 0. The number of hydrogen-bond donors (Lipinski definition) is 0. The minimum absolute atomic E-state index is 0. The molecule has 0 bridgehead atoms. The minimum Gasteiger partial charge on any atom is -1.00 e. The molecule has 0 aromatic heterocycles. The molecule has 6 aromatic rings. The van der Waals surface area contributed by atoms with Crippen molar-refractivity contribution in [1.82, 2.24) is 0 Å². The van der Waals surface area contributed by atoms with Gasteiger partial charge in [0, 0.05) is 23.7 Å². The fourth-order valence-corrected chi connectivity index (χ4v) is 7.73. The van der Waals surface area contributed by atoms with Gasteiger partial charge in [0.05, 0.1) is 0 Å². The third-order valence-electron chi connectivity index (χ3n) is 9.24. The maximum atomic E-state index is 2.37. The van der Waals surface area contributed by atoms with E-state index >= 15 is 0 Å². The second kappa shape index (κ2) is 13.2. The Balaban J connectivity index is 0.00000123. The third-order valence-corrected chi connectivity index (χ3v) is 9.24. The van der Waals surface area contributed by atoms with Gasteiger partial charge in [0.15, 0.2) is 0 Å². The van der Waals surface area contributed by atoms with E-state index in [0.29, 0.717) is 0 Å². The van der Waals surface area contributed by atoms with Crippen LogP contribution in [-0.4, -0.2) is 0 Å². The minimum atomic E-state index is 0. The molecule has 0 fully saturated rings. The SMILES string of the molecule is [Cl-].[Cl-].[Zr+2].c1ccc(C(C2c3ccccc3-c3ccccc32)C(c2ccccc2)C2c3ccccc3-c3ccccc32)cc1. The van der Waals surface area contributed by atoms with Crippen molar-refractivity contribution in [2.45, 2.75) is 23.7 Å². The number of hydrogen-bond acceptors (Lipinski definition) is 0. The van der Waals surface area contributed by atoms with E-state index in [1.807, 2.05) is 0 Å². The second-order valence-electron chi connectivity index (χ2n) is 11.2. The van der Waals surface area contributed by atoms with Crippen LogP contribution >= 0.6 is 0 Å². The van der Waals surface area contributed by atoms with Gasteiger partial charge in [0.2, 0.25) is 0 Å². The Morgan fingerprint density at radius 1 is 0.302 bits per heavy atom. The van der Waals surface area contributed by atoms with Crippen LogP contribution in [-0.2, 0) is 26.2 Å². The summed E-state index contributed by atoms with van der Waals surface area (Å²) >= 11 is 0. The molecule has 0 saturated heterocycles. The fraction of sp³-hybridized carbons (Fsp3) is 0.100. The molecule has 0 aliphatic heterocycles. The Labute approximate surface area is 286 Å². The Kier molecular flexibility index (Phi) is 9.58. The Morgan fingerprint density at radius 2 is 0.535 bits per heavy atom. The summed E-state index contributed by atoms with van der Waals surface area (Å²) in [5, 5.41) is 0. The average molecular weight is 673 g/mol. The van der Waals surface area contributed by atoms with E-state index in [9.17, 15) is 0 Å². The van der Waals surface area contributed by atoms with Crippen molar-refractivity contribution in [3.63, 3.8) is 0 Å². The van der Waals surface area contributed by atoms with Crippen LogP contribution in [0.15, 0.2) is 158 Å². The summed E-state index contributed by atoms with van der Waals surface area (Å²) in [6, 6.07) is 59.0. The maximum absolute atomic E-state index is 2.37. The van der Waals surface area contributed by atoms with Gasteiger partial charge in [-0.15, -0.1) is 0 Å². The average Bonchev–Trinajstić information content (AvgIpc) is 3.54. The van der Waals surface area contributed by atoms with E-state index in [1.54, 1.807) is 0 Å². The van der Waals surface area contributed by atoms with Gasteiger partial charge in [0.1, 0.15) is 0 Å². The van der Waals surface area contributed by atoms with Gasteiger partial charge in [0.25, 0.3) is 0 Å². The molecule has 3 heteroatoms. The monoisotopic (exact) mass is 670 g/mol. The van der Waals surface area contributed by atoms with Crippen molar-refractivity contribution >= 4 is 0 Å². The van der Waals surface area contributed by atoms with Crippen molar-refractivity contribution in [2.24, 2.45) is 0 Å². The summed E-state index contributed by atoms with van der Waals surface area (Å²) in [4.78, 5) is 0. The summed E-state index contributed by atoms with van der Waals surface area (Å²) in [7, 11) is 0. The van der Waals surface area contributed by atoms with Gasteiger partial charge in [-0.05, 0) is 55.6 Å². The van der Waals surface area contributed by atoms with Gasteiger partial charge in [-0.3, -0.25) is 0 Å². The van der Waals surface area contributed by atoms with Crippen LogP contribution in [0.2, 0.25) is 0 Å². The molecular formula is C40H30Cl2Zr. The predicted octanol–water partition coefficient (Wildman–Crippen LogP) is 4.18. The number of fused-ring (bicyclic) bond motifs is 6. The summed E-state index contributed by atoms with van der Waals surface area (Å²) < 4.78 is 0. The largest absolute Gasteiger partial charge is 2.00 e. The molecule has 2 atom stereocenters. The van der Waals surface area contributed by atoms with Crippen LogP contribution in [0, 0.1) is 0 Å². The van der Waals surface area contributed by atoms with E-state index in [-0.39, 0.29) is 74.7 Å². The summed E-state index contributed by atoms with van der Waals surface area (Å²) in [5.41, 5.74) is 14.1. The zero-order valence-corrected chi connectivity index (χ0v) is 27.5. The van der Waals surface area contributed by atoms with Crippen molar-refractivity contribution in [1.29, 1.82) is 0 Å². The molecule has 43 heavy (non-hydrogen) atoms. The Hall–Kier alpha value is -3.22. The molecule has 0 heterocycles. The summed E-state index contributed by atoms with van der Waals surface area (Å²) in [5.74, 6) is 0.968. The molecule has 0 N–H and O–H groups in total. The van der Waals surface area contributed by atoms with E-state index in [4.69, 9.17) is 0 Å². The molecule has 6 aromatic carbocycles. The fourth-order valence-electron chi connectivity index (χ4n) is 7.73. The van der Waals surface area contributed by atoms with Gasteiger partial charge in [-0.1, -0.05) is 158 Å². The smallest absolute Gasteiger partial charge is 1.00 e. The first-order valence-electron chi connectivity index (χ1n) is 14.4. The molecule has 208 valence electrons. The van der Waals surface area contributed by atoms with E-state index in [2.05, 4.69) is 158 Å². The van der Waals surface area contributed by atoms with Crippen molar-refractivity contribution in [3.05, 3.63) is 191 Å². The van der Waals surface area contributed by atoms with Crippen molar-refractivity contribution in [2.75, 3.05) is 0 Å². The van der Waals surface area contributed by atoms with Crippen LogP contribution < -0.4 is 24.8 Å². The quantitative estimate of drug-likeness (QED) is 0.258. The molecule has 0 amide bonds. The third kappa shape index (κ3) is 5.17. The predicted molar refractivity (Wildman–Crippen MR) is 166 cm³/mol. The van der Waals surface area contributed by atoms with Crippen molar-refractivity contribution in [3.8, 4) is 22.3 Å². The zero-order chi connectivity index (χ0) is 26.5. The Bertz CT molecular complexity index is 1610. The van der Waals surface area contributed by atoms with Crippen LogP contribution in [0.25, 0.3) is 22.3 Å². The van der Waals surface area contributed by atoms with Gasteiger partial charge in [-0.25, -0.2) is 0 Å². The molecular weight excluding hydrogens is 643 g/mol. The molecule has 2 unspecified atom stereocenters. The molecule has 0 spiro atoms. The van der Waals surface area contributed by atoms with Crippen LogP contribution in [0.4, 0.5) is 0 Å². The van der Waals surface area contributed by atoms with Gasteiger partial charge in [-0.2, -0.15) is 0 Å². The molecule has 0 nitrogen and oxygen atoms in total. The molecule has 0 saturated carbocycles. The van der Waals surface area contributed by atoms with Crippen LogP contribution in [0.5, 0.6) is 0 Å². The second-order valence-corrected chi connectivity index (χ2v) is 11.2. The van der Waals surface area contributed by atoms with Gasteiger partial charge < -0.3 is 24.8 Å².